The number of aromatic nitrogens is 2. The summed E-state index contributed by atoms with van der Waals surface area (Å²) in [6.07, 6.45) is -8.98. The van der Waals surface area contributed by atoms with Crippen molar-refractivity contribution in [3.63, 3.8) is 0 Å². The van der Waals surface area contributed by atoms with Gasteiger partial charge in [0.25, 0.3) is 0 Å². The number of nitriles is 1. The average molecular weight is 491 g/mol. The van der Waals surface area contributed by atoms with Gasteiger partial charge in [0, 0.05) is 0 Å². The van der Waals surface area contributed by atoms with Gasteiger partial charge in [0.05, 0.1) is 41.1 Å². The van der Waals surface area contributed by atoms with Gasteiger partial charge in [-0.25, -0.2) is 9.97 Å². The van der Waals surface area contributed by atoms with E-state index in [0.29, 0.717) is 6.07 Å². The molecule has 2 aromatic rings. The maximum absolute atomic E-state index is 12.4. The van der Waals surface area contributed by atoms with Crippen molar-refractivity contribution < 1.29 is 32.1 Å². The molecule has 0 saturated heterocycles. The number of anilines is 2. The first-order chi connectivity index (χ1) is 13.6. The smallest absolute Gasteiger partial charge is 0.384 e. The van der Waals surface area contributed by atoms with Crippen LogP contribution in [0.15, 0.2) is 16.6 Å². The lowest BCUT2D eigenvalue weighted by Gasteiger charge is -2.10. The second kappa shape index (κ2) is 10.2. The predicted octanol–water partition coefficient (Wildman–Crippen LogP) is 5.20. The summed E-state index contributed by atoms with van der Waals surface area (Å²) in [6, 6.07) is 2.92. The molecule has 0 radical (unpaired) electrons. The zero-order chi connectivity index (χ0) is 23.9. The van der Waals surface area contributed by atoms with Gasteiger partial charge in [0.15, 0.2) is 0 Å². The molecule has 0 atom stereocenters. The molecule has 29 heavy (non-hydrogen) atoms. The monoisotopic (exact) mass is 490 g/mol. The van der Waals surface area contributed by atoms with Crippen LogP contribution in [0.4, 0.5) is 42.4 Å². The Bertz CT molecular complexity index is 911. The summed E-state index contributed by atoms with van der Waals surface area (Å²) in [5, 5.41) is 8.52. The first kappa shape index (κ1) is 24.4. The molecule has 0 aliphatic carbocycles. The van der Waals surface area contributed by atoms with E-state index in [2.05, 4.69) is 25.9 Å². The first-order valence-corrected chi connectivity index (χ1v) is 7.98. The van der Waals surface area contributed by atoms with Crippen molar-refractivity contribution in [3.05, 3.63) is 44.7 Å². The van der Waals surface area contributed by atoms with Crippen LogP contribution in [0.2, 0.25) is 0 Å². The van der Waals surface area contributed by atoms with Crippen molar-refractivity contribution in [3.8, 4) is 6.07 Å². The molecule has 0 aliphatic rings. The van der Waals surface area contributed by atoms with Gasteiger partial charge < -0.3 is 11.5 Å². The average Bonchev–Trinajstić information content (AvgIpc) is 2.57. The topological polar surface area (TPSA) is 102 Å². The molecule has 0 spiro atoms. The van der Waals surface area contributed by atoms with Crippen LogP contribution in [-0.4, -0.2) is 17.1 Å². The number of pyridine rings is 2. The van der Waals surface area contributed by atoms with Gasteiger partial charge in [-0.3, -0.25) is 4.39 Å². The SMILES string of the molecule is Cc1nc(N)cc(C(F)(F)F)c1Br.Cc1nc(N)cc(C(F)(F)F)c1C#N.[2H]CF. The Kier molecular flexibility index (Phi) is 8.62. The van der Waals surface area contributed by atoms with Crippen LogP contribution in [0, 0.1) is 25.2 Å². The van der Waals surface area contributed by atoms with E-state index in [9.17, 15) is 30.7 Å². The van der Waals surface area contributed by atoms with Crippen molar-refractivity contribution in [2.24, 2.45) is 0 Å². The van der Waals surface area contributed by atoms with Crippen LogP contribution in [-0.2, 0) is 12.4 Å². The number of hydrogen-bond donors (Lipinski definition) is 2. The molecule has 0 aromatic carbocycles. The van der Waals surface area contributed by atoms with Crippen molar-refractivity contribution >= 4 is 27.6 Å². The molecule has 0 amide bonds. The number of hydrogen-bond acceptors (Lipinski definition) is 5. The molecule has 2 heterocycles. The van der Waals surface area contributed by atoms with Gasteiger partial charge in [-0.1, -0.05) is 0 Å². The Morgan fingerprint density at radius 1 is 0.966 bits per heavy atom. The van der Waals surface area contributed by atoms with E-state index in [1.807, 2.05) is 0 Å². The van der Waals surface area contributed by atoms with E-state index in [4.69, 9.17) is 18.1 Å². The molecule has 0 unspecified atom stereocenters. The first-order valence-electron chi connectivity index (χ1n) is 7.90. The summed E-state index contributed by atoms with van der Waals surface area (Å²) in [4.78, 5) is 7.25. The highest BCUT2D eigenvalue weighted by molar-refractivity contribution is 9.10. The maximum atomic E-state index is 12.4. The lowest BCUT2D eigenvalue weighted by Crippen LogP contribution is -2.11. The Morgan fingerprint density at radius 3 is 1.72 bits per heavy atom. The van der Waals surface area contributed by atoms with E-state index in [0.717, 1.165) is 6.07 Å². The summed E-state index contributed by atoms with van der Waals surface area (Å²) in [7, 11) is -1.00. The molecule has 160 valence electrons. The number of aryl methyl sites for hydroxylation is 2. The van der Waals surface area contributed by atoms with Crippen molar-refractivity contribution in [2.75, 3.05) is 18.6 Å². The van der Waals surface area contributed by atoms with Crippen LogP contribution in [0.5, 0.6) is 0 Å². The summed E-state index contributed by atoms with van der Waals surface area (Å²) in [6.45, 7) is 2.76. The van der Waals surface area contributed by atoms with Crippen LogP contribution in [0.3, 0.4) is 0 Å². The van der Waals surface area contributed by atoms with E-state index >= 15 is 0 Å². The second-order valence-corrected chi connectivity index (χ2v) is 5.95. The lowest BCUT2D eigenvalue weighted by atomic mass is 10.1. The molecular weight excluding hydrogens is 475 g/mol. The standard InChI is InChI=1S/C8H6F3N3.C7H6BrF3N2.CH3F/c1-4-5(3-12)6(8(9,10)11)2-7(13)14-4;1-3-6(8)4(7(9,10)11)2-5(12)13-3;1-2/h2H,1H3,(H2,13,14);2H,1H3,(H2,12,13);1H3/i;;1D. The molecule has 0 bridgehead atoms. The summed E-state index contributed by atoms with van der Waals surface area (Å²) < 4.78 is 89.4. The van der Waals surface area contributed by atoms with Crippen LogP contribution < -0.4 is 11.5 Å². The highest BCUT2D eigenvalue weighted by Crippen LogP contribution is 2.36. The lowest BCUT2D eigenvalue weighted by molar-refractivity contribution is -0.138. The fourth-order valence-corrected chi connectivity index (χ4v) is 2.38. The molecule has 2 aromatic heterocycles. The van der Waals surface area contributed by atoms with Crippen LogP contribution in [0.1, 0.15) is 29.4 Å². The molecule has 2 rings (SSSR count). The fraction of sp³-hybridized carbons (Fsp3) is 0.312. The van der Waals surface area contributed by atoms with Gasteiger partial charge >= 0.3 is 12.4 Å². The van der Waals surface area contributed by atoms with Gasteiger partial charge in [-0.2, -0.15) is 31.6 Å². The molecular formula is C16H15BrF7N5. The summed E-state index contributed by atoms with van der Waals surface area (Å²) in [5.74, 6) is -0.373. The minimum atomic E-state index is -4.58. The summed E-state index contributed by atoms with van der Waals surface area (Å²) >= 11 is 2.81. The maximum Gasteiger partial charge on any atom is 0.417 e. The molecule has 5 nitrogen and oxygen atoms in total. The quantitative estimate of drug-likeness (QED) is 0.494. The summed E-state index contributed by atoms with van der Waals surface area (Å²) in [5.41, 5.74) is 8.26. The van der Waals surface area contributed by atoms with E-state index < -0.39 is 36.2 Å². The van der Waals surface area contributed by atoms with Crippen molar-refractivity contribution in [1.29, 1.82) is 5.26 Å². The Labute approximate surface area is 171 Å². The third-order valence-corrected chi connectivity index (χ3v) is 4.09. The molecule has 0 aliphatic heterocycles. The van der Waals surface area contributed by atoms with E-state index in [-0.39, 0.29) is 27.5 Å². The fourth-order valence-electron chi connectivity index (χ4n) is 1.95. The van der Waals surface area contributed by atoms with Gasteiger partial charge in [-0.05, 0) is 41.9 Å². The molecule has 0 fully saturated rings. The number of halogens is 8. The van der Waals surface area contributed by atoms with Gasteiger partial charge in [-0.15, -0.1) is 0 Å². The number of rotatable bonds is 0. The zero-order valence-electron chi connectivity index (χ0n) is 15.9. The van der Waals surface area contributed by atoms with Gasteiger partial charge in [0.1, 0.15) is 17.7 Å². The van der Waals surface area contributed by atoms with Crippen LogP contribution >= 0.6 is 15.9 Å². The second-order valence-electron chi connectivity index (χ2n) is 5.16. The Balaban J connectivity index is 0.000000497. The minimum absolute atomic E-state index is 0.0141. The van der Waals surface area contributed by atoms with E-state index in [1.165, 1.54) is 19.9 Å². The third kappa shape index (κ3) is 7.37. The minimum Gasteiger partial charge on any atom is -0.384 e. The highest BCUT2D eigenvalue weighted by Gasteiger charge is 2.35. The largest absolute Gasteiger partial charge is 0.417 e. The van der Waals surface area contributed by atoms with Crippen molar-refractivity contribution in [1.82, 2.24) is 9.97 Å². The molecule has 0 saturated carbocycles. The number of nitrogens with two attached hydrogens (primary N) is 2. The van der Waals surface area contributed by atoms with Crippen molar-refractivity contribution in [2.45, 2.75) is 26.2 Å². The highest BCUT2D eigenvalue weighted by atomic mass is 79.9. The third-order valence-electron chi connectivity index (χ3n) is 3.09. The van der Waals surface area contributed by atoms with E-state index in [1.54, 1.807) is 0 Å². The Morgan fingerprint density at radius 2 is 1.34 bits per heavy atom. The van der Waals surface area contributed by atoms with Crippen LogP contribution in [0.25, 0.3) is 0 Å². The Hall–Kier alpha value is -2.62. The zero-order valence-corrected chi connectivity index (χ0v) is 16.5. The molecule has 13 heteroatoms. The number of nitrogens with zero attached hydrogens (tertiary/aromatic N) is 3. The number of nitrogen functional groups attached to an aromatic ring is 2. The van der Waals surface area contributed by atoms with Gasteiger partial charge in [0.2, 0.25) is 0 Å². The molecule has 4 N–H and O–H groups in total. The predicted molar refractivity (Wildman–Crippen MR) is 96.2 cm³/mol. The number of alkyl halides is 7. The normalized spacial score (nSPS) is 11.3.